The first-order valence-corrected chi connectivity index (χ1v) is 3.36. The summed E-state index contributed by atoms with van der Waals surface area (Å²) in [7, 11) is 0. The number of hydrogen-bond donors (Lipinski definition) is 1. The lowest BCUT2D eigenvalue weighted by atomic mass is 10.3. The molecule has 0 saturated carbocycles. The van der Waals surface area contributed by atoms with E-state index < -0.39 is 0 Å². The fraction of sp³-hybridized carbons (Fsp3) is 0.250. The van der Waals surface area contributed by atoms with Gasteiger partial charge in [-0.05, 0) is 12.1 Å². The average molecular weight is 136 g/mol. The van der Waals surface area contributed by atoms with Gasteiger partial charge < -0.3 is 10.0 Å². The van der Waals surface area contributed by atoms with Crippen LogP contribution in [0, 0.1) is 0 Å². The van der Waals surface area contributed by atoms with Gasteiger partial charge in [0, 0.05) is 6.54 Å². The highest BCUT2D eigenvalue weighted by atomic mass is 16.5. The fourth-order valence-corrected chi connectivity index (χ4v) is 1.03. The van der Waals surface area contributed by atoms with Crippen molar-refractivity contribution in [1.29, 1.82) is 0 Å². The van der Waals surface area contributed by atoms with Crippen LogP contribution in [0.25, 0.3) is 0 Å². The lowest BCUT2D eigenvalue weighted by molar-refractivity contribution is 0.323. The molecule has 0 amide bonds. The highest BCUT2D eigenvalue weighted by molar-refractivity contribution is 5.57. The van der Waals surface area contributed by atoms with Crippen LogP contribution < -0.4 is 10.0 Å². The Balaban J connectivity index is 2.44. The van der Waals surface area contributed by atoms with Crippen molar-refractivity contribution in [1.82, 2.24) is 0 Å². The molecule has 0 fully saturated rings. The first-order valence-electron chi connectivity index (χ1n) is 3.81. The number of benzene rings is 1. The number of nitrogens with one attached hydrogen (secondary N) is 1. The van der Waals surface area contributed by atoms with E-state index in [9.17, 15) is 0 Å². The molecule has 0 saturated heterocycles. The van der Waals surface area contributed by atoms with Gasteiger partial charge in [-0.1, -0.05) is 12.1 Å². The van der Waals surface area contributed by atoms with Crippen LogP contribution in [0.4, 0.5) is 5.69 Å². The van der Waals surface area contributed by atoms with Crippen molar-refractivity contribution < 1.29 is 6.15 Å². The second kappa shape index (κ2) is 2.21. The number of fused-ring (bicyclic) bond motifs is 1. The topological polar surface area (TPSA) is 21.3 Å². The van der Waals surface area contributed by atoms with Gasteiger partial charge in [-0.3, -0.25) is 0 Å². The van der Waals surface area contributed by atoms with Gasteiger partial charge in [0.05, 0.1) is 5.69 Å². The van der Waals surface area contributed by atoms with Gasteiger partial charge >= 0.3 is 0 Å². The van der Waals surface area contributed by atoms with Crippen LogP contribution in [0.1, 0.15) is 0 Å². The zero-order chi connectivity index (χ0) is 7.68. The zero-order valence-electron chi connectivity index (χ0n) is 6.58. The molecule has 2 heteroatoms. The summed E-state index contributed by atoms with van der Waals surface area (Å²) in [6, 6.07) is 7.60. The maximum absolute atomic E-state index is 7.51. The molecule has 0 aromatic heterocycles. The summed E-state index contributed by atoms with van der Waals surface area (Å²) in [4.78, 5) is 0. The summed E-state index contributed by atoms with van der Waals surface area (Å²) in [5.74, 6) is 0.814. The van der Waals surface area contributed by atoms with Gasteiger partial charge in [-0.15, -0.1) is 0 Å². The summed E-state index contributed by atoms with van der Waals surface area (Å²) in [5.41, 5.74) is 0.860. The largest absolute Gasteiger partial charge is 0.490 e. The molecule has 0 bridgehead atoms. The molecule has 0 radical (unpaired) electrons. The minimum atomic E-state index is 0.612. The zero-order valence-corrected chi connectivity index (χ0v) is 5.58. The highest BCUT2D eigenvalue weighted by Gasteiger charge is 2.05. The van der Waals surface area contributed by atoms with Gasteiger partial charge in [-0.25, -0.2) is 0 Å². The first-order chi connectivity index (χ1) is 5.38. The van der Waals surface area contributed by atoms with E-state index in [2.05, 4.69) is 0 Å². The molecular weight excluding hydrogens is 126 g/mol. The molecule has 0 spiro atoms. The van der Waals surface area contributed by atoms with E-state index in [1.54, 1.807) is 0 Å². The maximum atomic E-state index is 7.51. The van der Waals surface area contributed by atoms with Crippen LogP contribution in [-0.2, 0) is 0 Å². The number of para-hydroxylation sites is 2. The molecule has 1 aliphatic heterocycles. The average Bonchev–Trinajstić information content (AvgIpc) is 2.06. The predicted molar refractivity (Wildman–Crippen MR) is 40.4 cm³/mol. The lowest BCUT2D eigenvalue weighted by Gasteiger charge is -2.17. The molecule has 1 aromatic carbocycles. The molecule has 1 N–H and O–H groups in total. The molecular formula is C8H9NO. The first kappa shape index (κ1) is 4.61. The molecule has 1 aliphatic rings. The Labute approximate surface area is 61.3 Å². The van der Waals surface area contributed by atoms with E-state index in [1.807, 2.05) is 24.3 Å². The van der Waals surface area contributed by atoms with Crippen LogP contribution >= 0.6 is 0 Å². The van der Waals surface area contributed by atoms with Gasteiger partial charge in [-0.2, -0.15) is 0 Å². The molecule has 0 aliphatic carbocycles. The van der Waals surface area contributed by atoms with Crippen LogP contribution in [0.2, 0.25) is 1.41 Å². The van der Waals surface area contributed by atoms with Crippen molar-refractivity contribution in [2.45, 2.75) is 0 Å². The minimum Gasteiger partial charge on any atom is -0.490 e. The Morgan fingerprint density at radius 3 is 3.30 bits per heavy atom. The Kier molecular flexibility index (Phi) is 1.02. The van der Waals surface area contributed by atoms with Gasteiger partial charge in [0.1, 0.15) is 12.4 Å². The van der Waals surface area contributed by atoms with E-state index in [0.29, 0.717) is 13.2 Å². The lowest BCUT2D eigenvalue weighted by Crippen LogP contribution is -2.17. The van der Waals surface area contributed by atoms with Crippen LogP contribution in [0.15, 0.2) is 24.3 Å². The number of hydrogen-bond acceptors (Lipinski definition) is 2. The van der Waals surface area contributed by atoms with Gasteiger partial charge in [0.15, 0.2) is 1.41 Å². The van der Waals surface area contributed by atoms with Gasteiger partial charge in [0.2, 0.25) is 0 Å². The third kappa shape index (κ3) is 0.817. The summed E-state index contributed by atoms with van der Waals surface area (Å²) >= 11 is 0. The Bertz CT molecular complexity index is 264. The molecule has 1 aromatic rings. The third-order valence-electron chi connectivity index (χ3n) is 1.50. The number of ether oxygens (including phenoxy) is 1. The van der Waals surface area contributed by atoms with Crippen molar-refractivity contribution in [3.8, 4) is 5.75 Å². The maximum Gasteiger partial charge on any atom is 0.160 e. The Hall–Kier alpha value is -1.18. The van der Waals surface area contributed by atoms with Gasteiger partial charge in [0.25, 0.3) is 0 Å². The van der Waals surface area contributed by atoms with E-state index in [0.717, 1.165) is 11.4 Å². The van der Waals surface area contributed by atoms with Crippen molar-refractivity contribution in [3.05, 3.63) is 24.3 Å². The van der Waals surface area contributed by atoms with Crippen LogP contribution in [0.3, 0.4) is 0 Å². The van der Waals surface area contributed by atoms with Crippen LogP contribution in [0.5, 0.6) is 5.75 Å². The summed E-state index contributed by atoms with van der Waals surface area (Å²) in [6.07, 6.45) is 0. The van der Waals surface area contributed by atoms with Crippen molar-refractivity contribution in [3.63, 3.8) is 0 Å². The second-order valence-corrected chi connectivity index (χ2v) is 2.20. The Morgan fingerprint density at radius 2 is 2.40 bits per heavy atom. The second-order valence-electron chi connectivity index (χ2n) is 2.20. The minimum absolute atomic E-state index is 0.612. The molecule has 0 atom stereocenters. The van der Waals surface area contributed by atoms with E-state index >= 15 is 0 Å². The van der Waals surface area contributed by atoms with Crippen LogP contribution in [-0.4, -0.2) is 13.2 Å². The monoisotopic (exact) mass is 136 g/mol. The van der Waals surface area contributed by atoms with Crippen molar-refractivity contribution in [2.24, 2.45) is 0 Å². The predicted octanol–water partition coefficient (Wildman–Crippen LogP) is 1.49. The molecule has 10 heavy (non-hydrogen) atoms. The number of rotatable bonds is 0. The fourth-order valence-electron chi connectivity index (χ4n) is 1.03. The molecule has 52 valence electrons. The molecule has 2 rings (SSSR count). The molecule has 0 unspecified atom stereocenters. The summed E-state index contributed by atoms with van der Waals surface area (Å²) in [5, 5.41) is 1.46. The highest BCUT2D eigenvalue weighted by Crippen LogP contribution is 2.25. The van der Waals surface area contributed by atoms with E-state index in [1.165, 1.54) is 5.31 Å². The summed E-state index contributed by atoms with van der Waals surface area (Å²) in [6.45, 7) is 1.26. The SMILES string of the molecule is [2H]N1CCOc2ccccc21. The third-order valence-corrected chi connectivity index (χ3v) is 1.50. The van der Waals surface area contributed by atoms with Crippen molar-refractivity contribution >= 4 is 5.69 Å². The molecule has 1 heterocycles. The Morgan fingerprint density at radius 1 is 1.50 bits per heavy atom. The summed E-state index contributed by atoms with van der Waals surface area (Å²) < 4.78 is 12.8. The van der Waals surface area contributed by atoms with E-state index in [4.69, 9.17) is 6.15 Å². The molecule has 2 nitrogen and oxygen atoms in total. The number of anilines is 1. The quantitative estimate of drug-likeness (QED) is 0.583. The van der Waals surface area contributed by atoms with Crippen molar-refractivity contribution in [2.75, 3.05) is 18.5 Å². The smallest absolute Gasteiger partial charge is 0.160 e. The van der Waals surface area contributed by atoms with E-state index in [-0.39, 0.29) is 0 Å². The normalized spacial score (nSPS) is 17.2. The standard InChI is InChI=1S/C8H9NO/c1-2-4-8-7(3-1)9-5-6-10-8/h1-4,9H,5-6H2/i/hD.